The van der Waals surface area contributed by atoms with E-state index in [4.69, 9.17) is 0 Å². The highest BCUT2D eigenvalue weighted by Gasteiger charge is 2.73. The van der Waals surface area contributed by atoms with Gasteiger partial charge >= 0.3 is 18.0 Å². The van der Waals surface area contributed by atoms with E-state index in [1.54, 1.807) is 0 Å². The van der Waals surface area contributed by atoms with Crippen LogP contribution in [0.25, 0.3) is 0 Å². The van der Waals surface area contributed by atoms with Crippen molar-refractivity contribution in [3.05, 3.63) is 65.0 Å². The van der Waals surface area contributed by atoms with Gasteiger partial charge in [0.25, 0.3) is 0 Å². The van der Waals surface area contributed by atoms with E-state index in [0.717, 1.165) is 30.3 Å². The number of hydrogen-bond acceptors (Lipinski definition) is 5. The second kappa shape index (κ2) is 10.7. The van der Waals surface area contributed by atoms with Crippen molar-refractivity contribution in [1.29, 1.82) is 0 Å². The van der Waals surface area contributed by atoms with Gasteiger partial charge in [0, 0.05) is 18.2 Å². The number of rotatable bonds is 6. The first-order valence-corrected chi connectivity index (χ1v) is 17.0. The molecule has 0 aromatic heterocycles. The van der Waals surface area contributed by atoms with Crippen molar-refractivity contribution >= 4 is 19.7 Å². The molecule has 43 heavy (non-hydrogen) atoms. The summed E-state index contributed by atoms with van der Waals surface area (Å²) in [6.07, 6.45) is -11.2. The number of likely N-dealkylation sites (tertiary alicyclic amines) is 1. The Kier molecular flexibility index (Phi) is 7.98. The SMILES string of the molecule is O=S1(=O)CCC(CCN2CC[C@@]3(S(=O)(=O)c4ccc(F)cc4)c4ccc(C(F)(C(F)(F)F)C(F)(F)F)cc4CC[C@@H]23)CC1. The zero-order valence-corrected chi connectivity index (χ0v) is 24.3. The molecule has 2 atom stereocenters. The predicted octanol–water partition coefficient (Wildman–Crippen LogP) is 6.02. The highest BCUT2D eigenvalue weighted by molar-refractivity contribution is 7.92. The molecule has 2 fully saturated rings. The van der Waals surface area contributed by atoms with E-state index in [2.05, 4.69) is 0 Å². The van der Waals surface area contributed by atoms with Crippen LogP contribution in [0.5, 0.6) is 0 Å². The van der Waals surface area contributed by atoms with Crippen LogP contribution in [0.3, 0.4) is 0 Å². The molecular weight excluding hydrogens is 630 g/mol. The summed E-state index contributed by atoms with van der Waals surface area (Å²) in [6, 6.07) is 4.97. The lowest BCUT2D eigenvalue weighted by Crippen LogP contribution is -2.52. The van der Waals surface area contributed by atoms with Gasteiger partial charge in [-0.05, 0) is 86.4 Å². The normalized spacial score (nSPS) is 25.3. The summed E-state index contributed by atoms with van der Waals surface area (Å²) in [6.45, 7) is 0.634. The molecule has 0 unspecified atom stereocenters. The van der Waals surface area contributed by atoms with Crippen LogP contribution < -0.4 is 0 Å². The second-order valence-electron chi connectivity index (χ2n) is 11.6. The van der Waals surface area contributed by atoms with Crippen LogP contribution in [-0.4, -0.2) is 64.7 Å². The first kappa shape index (κ1) is 32.1. The number of sulfone groups is 2. The minimum Gasteiger partial charge on any atom is -0.298 e. The minimum absolute atomic E-state index is 0.00483. The Morgan fingerprint density at radius 2 is 1.49 bits per heavy atom. The van der Waals surface area contributed by atoms with Crippen molar-refractivity contribution in [3.8, 4) is 0 Å². The Labute approximate surface area is 244 Å². The smallest absolute Gasteiger partial charge is 0.298 e. The van der Waals surface area contributed by atoms with Gasteiger partial charge in [-0.1, -0.05) is 18.2 Å². The van der Waals surface area contributed by atoms with E-state index in [9.17, 15) is 52.0 Å². The van der Waals surface area contributed by atoms with Gasteiger partial charge in [0.05, 0.1) is 16.4 Å². The molecule has 5 rings (SSSR count). The van der Waals surface area contributed by atoms with E-state index in [0.29, 0.717) is 37.9 Å². The number of hydrogen-bond donors (Lipinski definition) is 0. The van der Waals surface area contributed by atoms with Crippen molar-refractivity contribution < 1.29 is 52.0 Å². The number of halogens is 8. The first-order valence-electron chi connectivity index (χ1n) is 13.7. The van der Waals surface area contributed by atoms with Gasteiger partial charge in [0.2, 0.25) is 0 Å². The Hall–Kier alpha value is -2.26. The quantitative estimate of drug-likeness (QED) is 0.280. The van der Waals surface area contributed by atoms with Crippen LogP contribution in [0.1, 0.15) is 48.8 Å². The van der Waals surface area contributed by atoms with Crippen LogP contribution in [0.15, 0.2) is 47.4 Å². The van der Waals surface area contributed by atoms with Crippen molar-refractivity contribution in [2.45, 2.75) is 72.2 Å². The maximum absolute atomic E-state index is 14.9. The summed E-state index contributed by atoms with van der Waals surface area (Å²) >= 11 is 0. The van der Waals surface area contributed by atoms with Gasteiger partial charge < -0.3 is 0 Å². The number of fused-ring (bicyclic) bond motifs is 3. The number of aryl methyl sites for hydroxylation is 1. The van der Waals surface area contributed by atoms with E-state index in [1.807, 2.05) is 4.90 Å². The molecule has 0 saturated carbocycles. The summed E-state index contributed by atoms with van der Waals surface area (Å²) < 4.78 is 160. The maximum atomic E-state index is 14.9. The third-order valence-corrected chi connectivity index (χ3v) is 13.5. The molecular formula is C28H29F8NO4S2. The van der Waals surface area contributed by atoms with Crippen LogP contribution in [-0.2, 0) is 36.5 Å². The van der Waals surface area contributed by atoms with E-state index in [-0.39, 0.29) is 59.3 Å². The summed E-state index contributed by atoms with van der Waals surface area (Å²) in [5, 5.41) is 0. The molecule has 0 radical (unpaired) electrons. The molecule has 3 aliphatic rings. The average Bonchev–Trinajstić information content (AvgIpc) is 3.31. The van der Waals surface area contributed by atoms with Crippen LogP contribution in [0.4, 0.5) is 35.1 Å². The average molecular weight is 660 g/mol. The highest BCUT2D eigenvalue weighted by atomic mass is 32.2. The Balaban J connectivity index is 1.57. The molecule has 2 saturated heterocycles. The molecule has 0 bridgehead atoms. The molecule has 2 aliphatic heterocycles. The zero-order chi connectivity index (χ0) is 31.6. The largest absolute Gasteiger partial charge is 0.435 e. The number of alkyl halides is 7. The second-order valence-corrected chi connectivity index (χ2v) is 16.1. The fraction of sp³-hybridized carbons (Fsp3) is 0.571. The van der Waals surface area contributed by atoms with E-state index >= 15 is 0 Å². The van der Waals surface area contributed by atoms with E-state index < -0.39 is 59.9 Å². The molecule has 238 valence electrons. The lowest BCUT2D eigenvalue weighted by molar-refractivity contribution is -0.348. The molecule has 2 aromatic carbocycles. The maximum Gasteiger partial charge on any atom is 0.435 e. The first-order chi connectivity index (χ1) is 19.8. The van der Waals surface area contributed by atoms with Crippen molar-refractivity contribution in [2.24, 2.45) is 5.92 Å². The Bertz CT molecular complexity index is 1560. The molecule has 1 aliphatic carbocycles. The molecule has 0 amide bonds. The van der Waals surface area contributed by atoms with Gasteiger partial charge in [-0.25, -0.2) is 25.6 Å². The Morgan fingerprint density at radius 3 is 2.07 bits per heavy atom. The standard InChI is InChI=1S/C28H29F8NO4S2/c29-21-3-5-22(6-4-21)43(40,41)25-12-14-37(13-9-18-10-15-42(38,39)16-11-18)24(25)8-1-19-17-20(2-7-23(19)25)26(30,27(31,32)33)28(34,35)36/h2-7,17-18,24H,1,8-16H2/t24-,25-/m1/s1. The summed E-state index contributed by atoms with van der Waals surface area (Å²) in [7, 11) is -7.50. The summed E-state index contributed by atoms with van der Waals surface area (Å²) in [5.74, 6) is -0.493. The molecule has 0 spiro atoms. The zero-order valence-electron chi connectivity index (χ0n) is 22.7. The number of benzene rings is 2. The van der Waals surface area contributed by atoms with Gasteiger partial charge in [-0.3, -0.25) is 4.90 Å². The fourth-order valence-electron chi connectivity index (χ4n) is 6.99. The minimum atomic E-state index is -6.32. The van der Waals surface area contributed by atoms with Gasteiger partial charge in [-0.2, -0.15) is 26.3 Å². The lowest BCUT2D eigenvalue weighted by atomic mass is 9.76. The molecule has 5 nitrogen and oxygen atoms in total. The van der Waals surface area contributed by atoms with Gasteiger partial charge in [0.15, 0.2) is 9.84 Å². The third kappa shape index (κ3) is 5.26. The molecule has 2 heterocycles. The summed E-state index contributed by atoms with van der Waals surface area (Å²) in [5.41, 5.74) is -7.48. The van der Waals surface area contributed by atoms with Crippen molar-refractivity contribution in [2.75, 3.05) is 24.6 Å². The number of nitrogens with zero attached hydrogens (tertiary/aromatic N) is 1. The topological polar surface area (TPSA) is 71.5 Å². The highest BCUT2D eigenvalue weighted by Crippen LogP contribution is 2.56. The van der Waals surface area contributed by atoms with E-state index in [1.165, 1.54) is 0 Å². The summed E-state index contributed by atoms with van der Waals surface area (Å²) in [4.78, 5) is 1.66. The van der Waals surface area contributed by atoms with Crippen LogP contribution in [0.2, 0.25) is 0 Å². The predicted molar refractivity (Wildman–Crippen MR) is 141 cm³/mol. The van der Waals surface area contributed by atoms with Gasteiger partial charge in [0.1, 0.15) is 20.4 Å². The third-order valence-electron chi connectivity index (χ3n) is 9.28. The molecule has 0 N–H and O–H groups in total. The van der Waals surface area contributed by atoms with Gasteiger partial charge in [-0.15, -0.1) is 0 Å². The van der Waals surface area contributed by atoms with Crippen molar-refractivity contribution in [3.63, 3.8) is 0 Å². The van der Waals surface area contributed by atoms with Crippen LogP contribution in [0, 0.1) is 11.7 Å². The van der Waals surface area contributed by atoms with Crippen molar-refractivity contribution in [1.82, 2.24) is 4.90 Å². The van der Waals surface area contributed by atoms with Crippen LogP contribution >= 0.6 is 0 Å². The lowest BCUT2D eigenvalue weighted by Gasteiger charge is -2.43. The monoisotopic (exact) mass is 659 g/mol. The Morgan fingerprint density at radius 1 is 0.884 bits per heavy atom. The molecule has 2 aromatic rings. The fourth-order valence-corrected chi connectivity index (χ4v) is 11.0. The molecule has 15 heteroatoms.